The molecule has 1 N–H and O–H groups in total. The molecule has 1 saturated heterocycles. The number of sulfonamides is 1. The maximum absolute atomic E-state index is 13.4. The number of piperidine rings is 1. The van der Waals surface area contributed by atoms with Gasteiger partial charge in [-0.2, -0.15) is 4.31 Å². The van der Waals surface area contributed by atoms with Crippen LogP contribution in [0.1, 0.15) is 18.4 Å². The van der Waals surface area contributed by atoms with Gasteiger partial charge >= 0.3 is 0 Å². The molecule has 1 heterocycles. The lowest BCUT2D eigenvalue weighted by molar-refractivity contribution is -0.120. The van der Waals surface area contributed by atoms with Gasteiger partial charge in [0.15, 0.2) is 0 Å². The summed E-state index contributed by atoms with van der Waals surface area (Å²) in [6.45, 7) is 2.08. The number of amides is 1. The van der Waals surface area contributed by atoms with E-state index in [4.69, 9.17) is 0 Å². The summed E-state index contributed by atoms with van der Waals surface area (Å²) in [7, 11) is -3.67. The molecule has 0 unspecified atom stereocenters. The van der Waals surface area contributed by atoms with Gasteiger partial charge in [-0.1, -0.05) is 18.2 Å². The number of hydrogen-bond acceptors (Lipinski definition) is 3. The Hall–Kier alpha value is -2.25. The number of hydrogen-bond donors (Lipinski definition) is 1. The van der Waals surface area contributed by atoms with Crippen LogP contribution in [-0.2, 0) is 14.8 Å². The van der Waals surface area contributed by atoms with Crippen molar-refractivity contribution in [2.24, 2.45) is 5.92 Å². The minimum atomic E-state index is -3.67. The van der Waals surface area contributed by atoms with E-state index in [0.717, 1.165) is 5.69 Å². The molecule has 3 rings (SSSR count). The highest BCUT2D eigenvalue weighted by Gasteiger charge is 2.32. The highest BCUT2D eigenvalue weighted by molar-refractivity contribution is 7.89. The van der Waals surface area contributed by atoms with E-state index in [2.05, 4.69) is 5.32 Å². The third-order valence-electron chi connectivity index (χ3n) is 4.63. The number of carbonyl (C=O) groups excluding carboxylic acids is 1. The molecule has 1 amide bonds. The lowest BCUT2D eigenvalue weighted by Gasteiger charge is -2.30. The highest BCUT2D eigenvalue weighted by Crippen LogP contribution is 2.25. The van der Waals surface area contributed by atoms with Crippen LogP contribution < -0.4 is 5.32 Å². The first-order chi connectivity index (χ1) is 12.4. The second kappa shape index (κ2) is 7.55. The van der Waals surface area contributed by atoms with Gasteiger partial charge in [0.05, 0.1) is 4.90 Å². The van der Waals surface area contributed by atoms with Gasteiger partial charge in [0.1, 0.15) is 5.82 Å². The third-order valence-corrected chi connectivity index (χ3v) is 6.53. The van der Waals surface area contributed by atoms with Crippen LogP contribution in [0.25, 0.3) is 0 Å². The minimum Gasteiger partial charge on any atom is -0.326 e. The SMILES string of the molecule is Cc1cc(S(=O)(=O)N2CCC(C(=O)Nc3ccccc3)CC2)ccc1F. The average Bonchev–Trinajstić information content (AvgIpc) is 2.65. The third kappa shape index (κ3) is 3.94. The van der Waals surface area contributed by atoms with Crippen LogP contribution in [0.4, 0.5) is 10.1 Å². The van der Waals surface area contributed by atoms with Gasteiger partial charge in [-0.05, 0) is 55.7 Å². The second-order valence-electron chi connectivity index (χ2n) is 6.44. The molecular weight excluding hydrogens is 355 g/mol. The Labute approximate surface area is 152 Å². The predicted octanol–water partition coefficient (Wildman–Crippen LogP) is 3.17. The van der Waals surface area contributed by atoms with E-state index < -0.39 is 15.8 Å². The molecule has 138 valence electrons. The first-order valence-electron chi connectivity index (χ1n) is 8.50. The Bertz CT molecular complexity index is 892. The van der Waals surface area contributed by atoms with E-state index in [-0.39, 0.29) is 29.8 Å². The molecular formula is C19H21FN2O3S. The van der Waals surface area contributed by atoms with Crippen LogP contribution in [0, 0.1) is 18.7 Å². The first kappa shape index (κ1) is 18.5. The Morgan fingerprint density at radius 3 is 2.38 bits per heavy atom. The summed E-state index contributed by atoms with van der Waals surface area (Å²) in [5.41, 5.74) is 1.03. The minimum absolute atomic E-state index is 0.0867. The van der Waals surface area contributed by atoms with Crippen molar-refractivity contribution >= 4 is 21.6 Å². The molecule has 0 saturated carbocycles. The summed E-state index contributed by atoms with van der Waals surface area (Å²) in [5.74, 6) is -0.747. The molecule has 0 aliphatic carbocycles. The van der Waals surface area contributed by atoms with Crippen LogP contribution in [0.15, 0.2) is 53.4 Å². The van der Waals surface area contributed by atoms with Gasteiger partial charge in [-0.25, -0.2) is 12.8 Å². The number of carbonyl (C=O) groups is 1. The highest BCUT2D eigenvalue weighted by atomic mass is 32.2. The second-order valence-corrected chi connectivity index (χ2v) is 8.38. The topological polar surface area (TPSA) is 66.5 Å². The molecule has 0 bridgehead atoms. The molecule has 7 heteroatoms. The van der Waals surface area contributed by atoms with Crippen molar-refractivity contribution in [3.63, 3.8) is 0 Å². The number of nitrogens with one attached hydrogen (secondary N) is 1. The van der Waals surface area contributed by atoms with Gasteiger partial charge in [0.2, 0.25) is 15.9 Å². The molecule has 1 aliphatic heterocycles. The predicted molar refractivity (Wildman–Crippen MR) is 97.7 cm³/mol. The number of halogens is 1. The van der Waals surface area contributed by atoms with Crippen LogP contribution in [-0.4, -0.2) is 31.7 Å². The van der Waals surface area contributed by atoms with Gasteiger partial charge < -0.3 is 5.32 Å². The molecule has 1 aliphatic rings. The molecule has 0 spiro atoms. The Morgan fingerprint density at radius 1 is 1.12 bits per heavy atom. The zero-order chi connectivity index (χ0) is 18.7. The Balaban J connectivity index is 1.64. The molecule has 5 nitrogen and oxygen atoms in total. The van der Waals surface area contributed by atoms with Crippen molar-refractivity contribution in [1.82, 2.24) is 4.31 Å². The summed E-state index contributed by atoms with van der Waals surface area (Å²) in [5, 5.41) is 2.86. The van der Waals surface area contributed by atoms with Crippen molar-refractivity contribution in [2.75, 3.05) is 18.4 Å². The first-order valence-corrected chi connectivity index (χ1v) is 9.94. The van der Waals surface area contributed by atoms with Crippen LogP contribution >= 0.6 is 0 Å². The standard InChI is InChI=1S/C19H21FN2O3S/c1-14-13-17(7-8-18(14)20)26(24,25)22-11-9-15(10-12-22)19(23)21-16-5-3-2-4-6-16/h2-8,13,15H,9-12H2,1H3,(H,21,23). The van der Waals surface area contributed by atoms with Crippen LogP contribution in [0.3, 0.4) is 0 Å². The summed E-state index contributed by atoms with van der Waals surface area (Å²) in [6.07, 6.45) is 0.913. The molecule has 2 aromatic rings. The fourth-order valence-corrected chi connectivity index (χ4v) is 4.61. The molecule has 0 atom stereocenters. The van der Waals surface area contributed by atoms with Crippen molar-refractivity contribution in [1.29, 1.82) is 0 Å². The smallest absolute Gasteiger partial charge is 0.243 e. The van der Waals surface area contributed by atoms with Crippen LogP contribution in [0.5, 0.6) is 0 Å². The van der Waals surface area contributed by atoms with Gasteiger partial charge in [0.25, 0.3) is 0 Å². The number of para-hydroxylation sites is 1. The normalized spacial score (nSPS) is 16.4. The summed E-state index contributed by atoms with van der Waals surface area (Å²) < 4.78 is 40.2. The molecule has 26 heavy (non-hydrogen) atoms. The number of nitrogens with zero attached hydrogens (tertiary/aromatic N) is 1. The largest absolute Gasteiger partial charge is 0.326 e. The summed E-state index contributed by atoms with van der Waals surface area (Å²) in [4.78, 5) is 12.4. The Morgan fingerprint density at radius 2 is 1.77 bits per heavy atom. The summed E-state index contributed by atoms with van der Waals surface area (Å²) in [6, 6.07) is 13.0. The van der Waals surface area contributed by atoms with Crippen molar-refractivity contribution < 1.29 is 17.6 Å². The molecule has 2 aromatic carbocycles. The zero-order valence-electron chi connectivity index (χ0n) is 14.5. The van der Waals surface area contributed by atoms with Crippen LogP contribution in [0.2, 0.25) is 0 Å². The lowest BCUT2D eigenvalue weighted by Crippen LogP contribution is -2.41. The van der Waals surface area contributed by atoms with E-state index in [1.54, 1.807) is 0 Å². The van der Waals surface area contributed by atoms with Gasteiger partial charge in [-0.15, -0.1) is 0 Å². The van der Waals surface area contributed by atoms with E-state index in [1.165, 1.54) is 29.4 Å². The van der Waals surface area contributed by atoms with E-state index in [9.17, 15) is 17.6 Å². The molecule has 0 aromatic heterocycles. The fourth-order valence-electron chi connectivity index (χ4n) is 3.05. The average molecular weight is 376 g/mol. The van der Waals surface area contributed by atoms with E-state index in [0.29, 0.717) is 18.4 Å². The van der Waals surface area contributed by atoms with Crippen molar-refractivity contribution in [3.05, 3.63) is 59.9 Å². The van der Waals surface area contributed by atoms with Gasteiger partial charge in [-0.3, -0.25) is 4.79 Å². The van der Waals surface area contributed by atoms with Gasteiger partial charge in [0, 0.05) is 24.7 Å². The zero-order valence-corrected chi connectivity index (χ0v) is 15.3. The summed E-state index contributed by atoms with van der Waals surface area (Å²) >= 11 is 0. The van der Waals surface area contributed by atoms with E-state index in [1.807, 2.05) is 30.3 Å². The Kier molecular flexibility index (Phi) is 5.38. The van der Waals surface area contributed by atoms with Crippen molar-refractivity contribution in [2.45, 2.75) is 24.7 Å². The fraction of sp³-hybridized carbons (Fsp3) is 0.316. The number of benzene rings is 2. The number of anilines is 1. The number of aryl methyl sites for hydroxylation is 1. The quantitative estimate of drug-likeness (QED) is 0.891. The van der Waals surface area contributed by atoms with E-state index >= 15 is 0 Å². The maximum Gasteiger partial charge on any atom is 0.243 e. The lowest BCUT2D eigenvalue weighted by atomic mass is 9.97. The van der Waals surface area contributed by atoms with Crippen molar-refractivity contribution in [3.8, 4) is 0 Å². The molecule has 1 fully saturated rings. The monoisotopic (exact) mass is 376 g/mol. The maximum atomic E-state index is 13.4. The number of rotatable bonds is 4. The molecule has 0 radical (unpaired) electrons.